The van der Waals surface area contributed by atoms with Gasteiger partial charge in [-0.1, -0.05) is 90.9 Å². The molecule has 0 radical (unpaired) electrons. The minimum Gasteiger partial charge on any atom is -0.387 e. The lowest BCUT2D eigenvalue weighted by Gasteiger charge is -2.33. The average Bonchev–Trinajstić information content (AvgIpc) is 2.74. The van der Waals surface area contributed by atoms with Gasteiger partial charge in [0.15, 0.2) is 0 Å². The van der Waals surface area contributed by atoms with E-state index in [1.165, 1.54) is 103 Å². The van der Waals surface area contributed by atoms with Crippen LogP contribution in [0.4, 0.5) is 0 Å². The fraction of sp³-hybridized carbons (Fsp3) is 1.00. The standard InChI is InChI=1S/C30H66N2O2/c1-7-9-11-13-15-19-23-29(33)27-31(3,4)25-21-17-18-22-26-32(5,6)28-30(34)24-20-16-14-12-10-8-2/h29-30,33-34H,7-28H2,1-6H3/q+2/t29-,30?/m0/s1. The molecule has 206 valence electrons. The summed E-state index contributed by atoms with van der Waals surface area (Å²) in [6, 6.07) is 0. The van der Waals surface area contributed by atoms with Crippen LogP contribution in [0.3, 0.4) is 0 Å². The van der Waals surface area contributed by atoms with Gasteiger partial charge in [-0.2, -0.15) is 0 Å². The van der Waals surface area contributed by atoms with Crippen molar-refractivity contribution in [2.45, 2.75) is 142 Å². The van der Waals surface area contributed by atoms with Gasteiger partial charge in [-0.25, -0.2) is 0 Å². The molecule has 0 aliphatic heterocycles. The van der Waals surface area contributed by atoms with Crippen molar-refractivity contribution in [3.05, 3.63) is 0 Å². The molecule has 0 fully saturated rings. The Morgan fingerprint density at radius 1 is 0.441 bits per heavy atom. The van der Waals surface area contributed by atoms with Gasteiger partial charge in [-0.05, 0) is 38.5 Å². The topological polar surface area (TPSA) is 40.5 Å². The van der Waals surface area contributed by atoms with E-state index in [1.807, 2.05) is 0 Å². The summed E-state index contributed by atoms with van der Waals surface area (Å²) in [5.41, 5.74) is 0. The maximum atomic E-state index is 10.5. The van der Waals surface area contributed by atoms with Gasteiger partial charge in [0.05, 0.1) is 41.3 Å². The van der Waals surface area contributed by atoms with E-state index in [2.05, 4.69) is 42.0 Å². The second kappa shape index (κ2) is 21.0. The number of aliphatic hydroxyl groups is 2. The first-order chi connectivity index (χ1) is 16.1. The summed E-state index contributed by atoms with van der Waals surface area (Å²) in [4.78, 5) is 0. The maximum absolute atomic E-state index is 10.5. The van der Waals surface area contributed by atoms with Crippen LogP contribution in [-0.2, 0) is 0 Å². The Kier molecular flexibility index (Phi) is 20.9. The normalized spacial score (nSPS) is 14.5. The fourth-order valence-corrected chi connectivity index (χ4v) is 5.26. The van der Waals surface area contributed by atoms with Crippen LogP contribution in [0, 0.1) is 0 Å². The highest BCUT2D eigenvalue weighted by atomic mass is 16.3. The molecule has 4 nitrogen and oxygen atoms in total. The first-order valence-electron chi connectivity index (χ1n) is 15.1. The van der Waals surface area contributed by atoms with Gasteiger partial charge in [0.25, 0.3) is 0 Å². The molecule has 0 spiro atoms. The second-order valence-corrected chi connectivity index (χ2v) is 12.5. The van der Waals surface area contributed by atoms with Crippen molar-refractivity contribution in [3.63, 3.8) is 0 Å². The Labute approximate surface area is 215 Å². The first-order valence-corrected chi connectivity index (χ1v) is 15.1. The Morgan fingerprint density at radius 3 is 1.09 bits per heavy atom. The van der Waals surface area contributed by atoms with Gasteiger partial charge < -0.3 is 19.2 Å². The third-order valence-corrected chi connectivity index (χ3v) is 7.47. The molecule has 34 heavy (non-hydrogen) atoms. The van der Waals surface area contributed by atoms with Crippen LogP contribution >= 0.6 is 0 Å². The van der Waals surface area contributed by atoms with Gasteiger partial charge >= 0.3 is 0 Å². The summed E-state index contributed by atoms with van der Waals surface area (Å²) in [5.74, 6) is 0. The van der Waals surface area contributed by atoms with Gasteiger partial charge in [0, 0.05) is 0 Å². The van der Waals surface area contributed by atoms with Crippen molar-refractivity contribution in [2.75, 3.05) is 54.4 Å². The van der Waals surface area contributed by atoms with Crippen molar-refractivity contribution >= 4 is 0 Å². The molecule has 0 aliphatic carbocycles. The fourth-order valence-electron chi connectivity index (χ4n) is 5.26. The molecule has 2 atom stereocenters. The van der Waals surface area contributed by atoms with Gasteiger partial charge in [-0.15, -0.1) is 0 Å². The zero-order chi connectivity index (χ0) is 25.7. The van der Waals surface area contributed by atoms with Crippen molar-refractivity contribution in [1.82, 2.24) is 0 Å². The summed E-state index contributed by atoms with van der Waals surface area (Å²) in [7, 11) is 9.09. The van der Waals surface area contributed by atoms with Crippen molar-refractivity contribution in [3.8, 4) is 0 Å². The van der Waals surface area contributed by atoms with Crippen LogP contribution in [0.5, 0.6) is 0 Å². The number of aliphatic hydroxyl groups excluding tert-OH is 2. The molecule has 0 aromatic heterocycles. The smallest absolute Gasteiger partial charge is 0.105 e. The van der Waals surface area contributed by atoms with Crippen molar-refractivity contribution in [1.29, 1.82) is 0 Å². The molecule has 0 rings (SSSR count). The summed E-state index contributed by atoms with van der Waals surface area (Å²) in [6.45, 7) is 8.60. The van der Waals surface area contributed by atoms with Crippen LogP contribution in [0.2, 0.25) is 0 Å². The van der Waals surface area contributed by atoms with E-state index < -0.39 is 0 Å². The molecule has 4 heteroatoms. The highest BCUT2D eigenvalue weighted by molar-refractivity contribution is 4.58. The van der Waals surface area contributed by atoms with Gasteiger partial charge in [0.1, 0.15) is 25.3 Å². The number of hydrogen-bond donors (Lipinski definition) is 2. The lowest BCUT2D eigenvalue weighted by molar-refractivity contribution is -0.894. The predicted molar refractivity (Wildman–Crippen MR) is 150 cm³/mol. The molecule has 0 aliphatic rings. The first kappa shape index (κ1) is 33.8. The summed E-state index contributed by atoms with van der Waals surface area (Å²) in [5, 5.41) is 20.9. The van der Waals surface area contributed by atoms with Crippen LogP contribution in [0.25, 0.3) is 0 Å². The van der Waals surface area contributed by atoms with E-state index >= 15 is 0 Å². The number of hydrogen-bond acceptors (Lipinski definition) is 2. The largest absolute Gasteiger partial charge is 0.387 e. The zero-order valence-corrected chi connectivity index (χ0v) is 24.5. The van der Waals surface area contributed by atoms with Crippen LogP contribution in [0.1, 0.15) is 129 Å². The molecule has 0 heterocycles. The summed E-state index contributed by atoms with van der Waals surface area (Å²) in [6.07, 6.45) is 22.2. The number of quaternary nitrogens is 2. The van der Waals surface area contributed by atoms with E-state index in [0.717, 1.165) is 48.0 Å². The van der Waals surface area contributed by atoms with E-state index in [9.17, 15) is 10.2 Å². The minimum atomic E-state index is -0.151. The number of unbranched alkanes of at least 4 members (excludes halogenated alkanes) is 13. The number of likely N-dealkylation sites (N-methyl/N-ethyl adjacent to an activating group) is 2. The number of rotatable bonds is 25. The highest BCUT2D eigenvalue weighted by Crippen LogP contribution is 2.14. The van der Waals surface area contributed by atoms with Crippen LogP contribution in [-0.4, -0.2) is 85.8 Å². The molecular weight excluding hydrogens is 420 g/mol. The summed E-state index contributed by atoms with van der Waals surface area (Å²) >= 11 is 0. The Hall–Kier alpha value is -0.160. The zero-order valence-electron chi connectivity index (χ0n) is 24.5. The molecule has 0 saturated carbocycles. The molecule has 0 amide bonds. The summed E-state index contributed by atoms with van der Waals surface area (Å²) < 4.78 is 1.87. The molecule has 1 unspecified atom stereocenters. The van der Waals surface area contributed by atoms with E-state index in [4.69, 9.17) is 0 Å². The molecule has 0 aromatic rings. The quantitative estimate of drug-likeness (QED) is 0.109. The number of nitrogens with zero attached hydrogens (tertiary/aromatic N) is 2. The predicted octanol–water partition coefficient (Wildman–Crippen LogP) is 6.92. The Morgan fingerprint density at radius 2 is 0.735 bits per heavy atom. The van der Waals surface area contributed by atoms with Crippen LogP contribution < -0.4 is 0 Å². The average molecular weight is 487 g/mol. The second-order valence-electron chi connectivity index (χ2n) is 12.5. The highest BCUT2D eigenvalue weighted by Gasteiger charge is 2.21. The Balaban J connectivity index is 3.81. The third-order valence-electron chi connectivity index (χ3n) is 7.47. The SMILES string of the molecule is CCCCCCCCC(O)C[N+](C)(C)CCCCCC[N+](C)(C)C[C@@H](O)CCCCCCCC. The molecular formula is C30H66N2O2+2. The Bertz CT molecular complexity index is 400. The van der Waals surface area contributed by atoms with E-state index in [0.29, 0.717) is 0 Å². The lowest BCUT2D eigenvalue weighted by atomic mass is 10.1. The minimum absolute atomic E-state index is 0.151. The van der Waals surface area contributed by atoms with Crippen LogP contribution in [0.15, 0.2) is 0 Å². The molecule has 0 saturated heterocycles. The monoisotopic (exact) mass is 487 g/mol. The van der Waals surface area contributed by atoms with Gasteiger partial charge in [-0.3, -0.25) is 0 Å². The van der Waals surface area contributed by atoms with Crippen molar-refractivity contribution in [2.24, 2.45) is 0 Å². The van der Waals surface area contributed by atoms with E-state index in [1.54, 1.807) is 0 Å². The molecule has 0 aromatic carbocycles. The van der Waals surface area contributed by atoms with Crippen molar-refractivity contribution < 1.29 is 19.2 Å². The molecule has 2 N–H and O–H groups in total. The van der Waals surface area contributed by atoms with Gasteiger partial charge in [0.2, 0.25) is 0 Å². The van der Waals surface area contributed by atoms with E-state index in [-0.39, 0.29) is 12.2 Å². The maximum Gasteiger partial charge on any atom is 0.105 e. The lowest BCUT2D eigenvalue weighted by Crippen LogP contribution is -2.46. The molecule has 0 bridgehead atoms. The third kappa shape index (κ3) is 22.3.